The first-order valence-electron chi connectivity index (χ1n) is 6.30. The molecule has 7 nitrogen and oxygen atoms in total. The van der Waals surface area contributed by atoms with Crippen molar-refractivity contribution >= 4 is 32.7 Å². The summed E-state index contributed by atoms with van der Waals surface area (Å²) in [5.41, 5.74) is 0.129. The van der Waals surface area contributed by atoms with Gasteiger partial charge in [-0.05, 0) is 30.6 Å². The van der Waals surface area contributed by atoms with Crippen molar-refractivity contribution in [1.29, 1.82) is 0 Å². The molecule has 2 aromatic rings. The van der Waals surface area contributed by atoms with Crippen LogP contribution in [0.3, 0.4) is 0 Å². The van der Waals surface area contributed by atoms with Crippen LogP contribution in [0.1, 0.15) is 4.88 Å². The highest BCUT2D eigenvalue weighted by Crippen LogP contribution is 2.31. The number of hydrogen-bond acceptors (Lipinski definition) is 6. The molecular formula is C13H15N3O4S2. The maximum atomic E-state index is 11.8. The standard InChI is InChI=1S/C13H15N3O4S2/c1-14-22(19,20)11-5-6-12(13(8-11)16(17)18)15(2)9-10-4-3-7-21-10/h3-8,14H,9H2,1-2H3. The van der Waals surface area contributed by atoms with Crippen LogP contribution in [0.5, 0.6) is 0 Å². The van der Waals surface area contributed by atoms with E-state index in [1.54, 1.807) is 23.3 Å². The second-order valence-electron chi connectivity index (χ2n) is 4.55. The summed E-state index contributed by atoms with van der Waals surface area (Å²) >= 11 is 1.55. The minimum Gasteiger partial charge on any atom is -0.364 e. The Morgan fingerprint density at radius 3 is 2.64 bits per heavy atom. The molecule has 0 atom stereocenters. The molecule has 0 bridgehead atoms. The van der Waals surface area contributed by atoms with Gasteiger partial charge in [0, 0.05) is 18.0 Å². The molecule has 22 heavy (non-hydrogen) atoms. The van der Waals surface area contributed by atoms with Gasteiger partial charge in [0.25, 0.3) is 5.69 Å². The molecule has 0 aliphatic carbocycles. The van der Waals surface area contributed by atoms with Crippen LogP contribution in [0.25, 0.3) is 0 Å². The topological polar surface area (TPSA) is 92.6 Å². The van der Waals surface area contributed by atoms with Crippen molar-refractivity contribution in [2.24, 2.45) is 0 Å². The number of nitro benzene ring substituents is 1. The fourth-order valence-corrected chi connectivity index (χ4v) is 3.49. The van der Waals surface area contributed by atoms with Gasteiger partial charge in [-0.3, -0.25) is 10.1 Å². The van der Waals surface area contributed by atoms with E-state index in [1.807, 2.05) is 17.5 Å². The molecule has 1 aromatic carbocycles. The molecule has 9 heteroatoms. The van der Waals surface area contributed by atoms with Gasteiger partial charge in [0.2, 0.25) is 10.0 Å². The van der Waals surface area contributed by atoms with E-state index in [0.717, 1.165) is 10.9 Å². The summed E-state index contributed by atoms with van der Waals surface area (Å²) in [6.45, 7) is 0.511. The number of sulfonamides is 1. The fourth-order valence-electron chi connectivity index (χ4n) is 1.98. The first-order valence-corrected chi connectivity index (χ1v) is 8.67. The number of hydrogen-bond donors (Lipinski definition) is 1. The van der Waals surface area contributed by atoms with E-state index in [2.05, 4.69) is 4.72 Å². The zero-order valence-corrected chi connectivity index (χ0v) is 13.6. The molecule has 0 saturated carbocycles. The van der Waals surface area contributed by atoms with E-state index >= 15 is 0 Å². The quantitative estimate of drug-likeness (QED) is 0.642. The van der Waals surface area contributed by atoms with Gasteiger partial charge in [-0.25, -0.2) is 13.1 Å². The number of nitrogens with one attached hydrogen (secondary N) is 1. The Labute approximate surface area is 132 Å². The molecule has 0 aliphatic heterocycles. The van der Waals surface area contributed by atoms with Crippen LogP contribution in [-0.2, 0) is 16.6 Å². The maximum absolute atomic E-state index is 11.8. The Bertz CT molecular complexity index is 773. The van der Waals surface area contributed by atoms with Crippen molar-refractivity contribution in [3.8, 4) is 0 Å². The summed E-state index contributed by atoms with van der Waals surface area (Å²) in [7, 11) is -0.725. The molecular weight excluding hydrogens is 326 g/mol. The van der Waals surface area contributed by atoms with E-state index in [1.165, 1.54) is 19.2 Å². The second kappa shape index (κ2) is 6.42. The van der Waals surface area contributed by atoms with Crippen molar-refractivity contribution in [1.82, 2.24) is 4.72 Å². The lowest BCUT2D eigenvalue weighted by atomic mass is 10.2. The number of anilines is 1. The van der Waals surface area contributed by atoms with Crippen molar-refractivity contribution < 1.29 is 13.3 Å². The summed E-state index contributed by atoms with van der Waals surface area (Å²) in [5.74, 6) is 0. The van der Waals surface area contributed by atoms with Crippen molar-refractivity contribution in [2.75, 3.05) is 19.0 Å². The second-order valence-corrected chi connectivity index (χ2v) is 7.47. The molecule has 0 saturated heterocycles. The summed E-state index contributed by atoms with van der Waals surface area (Å²) < 4.78 is 25.7. The Hall–Kier alpha value is -1.97. The van der Waals surface area contributed by atoms with Crippen molar-refractivity contribution in [3.05, 3.63) is 50.7 Å². The molecule has 1 N–H and O–H groups in total. The highest BCUT2D eigenvalue weighted by molar-refractivity contribution is 7.89. The molecule has 0 fully saturated rings. The van der Waals surface area contributed by atoms with Crippen LogP contribution in [0.15, 0.2) is 40.6 Å². The molecule has 118 valence electrons. The van der Waals surface area contributed by atoms with E-state index in [9.17, 15) is 18.5 Å². The normalized spacial score (nSPS) is 11.4. The monoisotopic (exact) mass is 341 g/mol. The van der Waals surface area contributed by atoms with Gasteiger partial charge < -0.3 is 4.90 Å². The highest BCUT2D eigenvalue weighted by atomic mass is 32.2. The molecule has 0 spiro atoms. The van der Waals surface area contributed by atoms with Crippen LogP contribution < -0.4 is 9.62 Å². The molecule has 0 unspecified atom stereocenters. The van der Waals surface area contributed by atoms with Crippen LogP contribution >= 0.6 is 11.3 Å². The lowest BCUT2D eigenvalue weighted by Gasteiger charge is -2.18. The van der Waals surface area contributed by atoms with Crippen LogP contribution in [-0.4, -0.2) is 27.4 Å². The van der Waals surface area contributed by atoms with Gasteiger partial charge in [0.1, 0.15) is 5.69 Å². The van der Waals surface area contributed by atoms with E-state index in [-0.39, 0.29) is 10.6 Å². The SMILES string of the molecule is CNS(=O)(=O)c1ccc(N(C)Cc2cccs2)c([N+](=O)[O-])c1. The molecule has 2 rings (SSSR count). The largest absolute Gasteiger partial charge is 0.364 e. The van der Waals surface area contributed by atoms with Gasteiger partial charge in [-0.1, -0.05) is 6.07 Å². The molecule has 0 radical (unpaired) electrons. The van der Waals surface area contributed by atoms with Crippen LogP contribution in [0, 0.1) is 10.1 Å². The van der Waals surface area contributed by atoms with Crippen molar-refractivity contribution in [2.45, 2.75) is 11.4 Å². The van der Waals surface area contributed by atoms with Gasteiger partial charge in [-0.2, -0.15) is 0 Å². The average Bonchev–Trinajstić information content (AvgIpc) is 2.99. The molecule has 0 aliphatic rings. The minimum atomic E-state index is -3.72. The third kappa shape index (κ3) is 3.43. The highest BCUT2D eigenvalue weighted by Gasteiger charge is 2.22. The predicted octanol–water partition coefficient (Wildman–Crippen LogP) is 2.20. The van der Waals surface area contributed by atoms with Gasteiger partial charge >= 0.3 is 0 Å². The maximum Gasteiger partial charge on any atom is 0.293 e. The summed E-state index contributed by atoms with van der Waals surface area (Å²) in [6.07, 6.45) is 0. The fraction of sp³-hybridized carbons (Fsp3) is 0.231. The van der Waals surface area contributed by atoms with Gasteiger partial charge in [-0.15, -0.1) is 11.3 Å². The average molecular weight is 341 g/mol. The van der Waals surface area contributed by atoms with E-state index < -0.39 is 14.9 Å². The molecule has 0 amide bonds. The van der Waals surface area contributed by atoms with Crippen LogP contribution in [0.2, 0.25) is 0 Å². The smallest absolute Gasteiger partial charge is 0.293 e. The van der Waals surface area contributed by atoms with Gasteiger partial charge in [0.05, 0.1) is 16.4 Å². The number of nitrogens with zero attached hydrogens (tertiary/aromatic N) is 2. The zero-order valence-electron chi connectivity index (χ0n) is 12.0. The van der Waals surface area contributed by atoms with Crippen LogP contribution in [0.4, 0.5) is 11.4 Å². The third-order valence-corrected chi connectivity index (χ3v) is 5.38. The summed E-state index contributed by atoms with van der Waals surface area (Å²) in [4.78, 5) is 13.3. The Kier molecular flexibility index (Phi) is 4.79. The minimum absolute atomic E-state index is 0.130. The summed E-state index contributed by atoms with van der Waals surface area (Å²) in [5, 5.41) is 13.2. The molecule has 1 aromatic heterocycles. The first kappa shape index (κ1) is 16.4. The third-order valence-electron chi connectivity index (χ3n) is 3.11. The Morgan fingerprint density at radius 1 is 1.36 bits per heavy atom. The predicted molar refractivity (Wildman–Crippen MR) is 85.8 cm³/mol. The van der Waals surface area contributed by atoms with E-state index in [4.69, 9.17) is 0 Å². The molecule has 1 heterocycles. The first-order chi connectivity index (χ1) is 10.3. The number of nitro groups is 1. The Balaban J connectivity index is 2.41. The number of rotatable bonds is 6. The van der Waals surface area contributed by atoms with E-state index in [0.29, 0.717) is 12.2 Å². The zero-order chi connectivity index (χ0) is 16.3. The van der Waals surface area contributed by atoms with Crippen molar-refractivity contribution in [3.63, 3.8) is 0 Å². The van der Waals surface area contributed by atoms with Gasteiger partial charge in [0.15, 0.2) is 0 Å². The lowest BCUT2D eigenvalue weighted by molar-refractivity contribution is -0.384. The Morgan fingerprint density at radius 2 is 2.09 bits per heavy atom. The summed E-state index contributed by atoms with van der Waals surface area (Å²) in [6, 6.07) is 7.73. The lowest BCUT2D eigenvalue weighted by Crippen LogP contribution is -2.20. The number of thiophene rings is 1. The number of benzene rings is 1.